The van der Waals surface area contributed by atoms with Gasteiger partial charge >= 0.3 is 0 Å². The summed E-state index contributed by atoms with van der Waals surface area (Å²) >= 11 is 1.34. The zero-order valence-corrected chi connectivity index (χ0v) is 13.1. The molecule has 0 aliphatic rings. The zero-order chi connectivity index (χ0) is 15.5. The van der Waals surface area contributed by atoms with E-state index < -0.39 is 0 Å². The highest BCUT2D eigenvalue weighted by molar-refractivity contribution is 7.15. The number of nitrogens with one attached hydrogen (secondary N) is 1. The number of fused-ring (bicyclic) bond motifs is 1. The van der Waals surface area contributed by atoms with Gasteiger partial charge in [-0.05, 0) is 19.1 Å². The van der Waals surface area contributed by atoms with Crippen LogP contribution in [0.25, 0.3) is 17.0 Å². The molecule has 3 rings (SSSR count). The molecule has 2 heterocycles. The number of carbonyl (C=O) groups is 1. The van der Waals surface area contributed by atoms with Gasteiger partial charge in [0.25, 0.3) is 0 Å². The minimum atomic E-state index is -0.233. The lowest BCUT2D eigenvalue weighted by molar-refractivity contribution is -0.111. The Bertz CT molecular complexity index is 848. The highest BCUT2D eigenvalue weighted by atomic mass is 32.1. The average Bonchev–Trinajstić information content (AvgIpc) is 3.08. The molecule has 1 N–H and O–H groups in total. The normalized spacial score (nSPS) is 11.4. The minimum absolute atomic E-state index is 0.233. The first-order valence-electron chi connectivity index (χ1n) is 6.97. The van der Waals surface area contributed by atoms with Crippen molar-refractivity contribution >= 4 is 39.4 Å². The van der Waals surface area contributed by atoms with Crippen molar-refractivity contribution in [1.29, 1.82) is 0 Å². The van der Waals surface area contributed by atoms with Crippen molar-refractivity contribution in [3.8, 4) is 0 Å². The fraction of sp³-hybridized carbons (Fsp3) is 0.188. The van der Waals surface area contributed by atoms with Crippen LogP contribution in [0.2, 0.25) is 0 Å². The van der Waals surface area contributed by atoms with E-state index in [1.807, 2.05) is 38.1 Å². The maximum Gasteiger partial charge on any atom is 0.250 e. The van der Waals surface area contributed by atoms with E-state index in [0.717, 1.165) is 33.7 Å². The third kappa shape index (κ3) is 2.92. The number of benzene rings is 1. The molecule has 1 amide bonds. The molecular weight excluding hydrogens is 298 g/mol. The van der Waals surface area contributed by atoms with Gasteiger partial charge in [0.1, 0.15) is 16.4 Å². The van der Waals surface area contributed by atoms with Crippen LogP contribution in [0.4, 0.5) is 5.13 Å². The van der Waals surface area contributed by atoms with Gasteiger partial charge in [0.05, 0.1) is 0 Å². The van der Waals surface area contributed by atoms with Crippen molar-refractivity contribution in [2.24, 2.45) is 0 Å². The van der Waals surface area contributed by atoms with Crippen molar-refractivity contribution in [3.05, 3.63) is 46.7 Å². The van der Waals surface area contributed by atoms with E-state index in [2.05, 4.69) is 15.5 Å². The van der Waals surface area contributed by atoms with Crippen LogP contribution >= 0.6 is 11.3 Å². The lowest BCUT2D eigenvalue weighted by Gasteiger charge is -1.96. The third-order valence-electron chi connectivity index (χ3n) is 3.19. The number of para-hydroxylation sites is 1. The number of rotatable bonds is 4. The molecule has 0 atom stereocenters. The molecule has 0 radical (unpaired) electrons. The predicted octanol–water partition coefficient (Wildman–Crippen LogP) is 3.81. The average molecular weight is 313 g/mol. The van der Waals surface area contributed by atoms with E-state index in [0.29, 0.717) is 5.13 Å². The molecule has 0 fully saturated rings. The second-order valence-electron chi connectivity index (χ2n) is 4.74. The second-order valence-corrected chi connectivity index (χ2v) is 5.92. The summed E-state index contributed by atoms with van der Waals surface area (Å²) in [6.45, 7) is 3.87. The summed E-state index contributed by atoms with van der Waals surface area (Å²) in [5, 5.41) is 12.8. The molecule has 0 saturated carbocycles. The monoisotopic (exact) mass is 313 g/mol. The highest BCUT2D eigenvalue weighted by Crippen LogP contribution is 2.27. The fourth-order valence-electron chi connectivity index (χ4n) is 2.21. The second kappa shape index (κ2) is 6.11. The molecule has 2 aromatic heterocycles. The van der Waals surface area contributed by atoms with Gasteiger partial charge < -0.3 is 4.42 Å². The van der Waals surface area contributed by atoms with Crippen molar-refractivity contribution in [2.45, 2.75) is 20.3 Å². The number of aryl methyl sites for hydroxylation is 2. The van der Waals surface area contributed by atoms with Crippen LogP contribution in [0.3, 0.4) is 0 Å². The Kier molecular flexibility index (Phi) is 4.02. The minimum Gasteiger partial charge on any atom is -0.460 e. The number of amides is 1. The van der Waals surface area contributed by atoms with Gasteiger partial charge in [-0.2, -0.15) is 0 Å². The summed E-state index contributed by atoms with van der Waals surface area (Å²) in [4.78, 5) is 12.0. The van der Waals surface area contributed by atoms with Crippen molar-refractivity contribution in [3.63, 3.8) is 0 Å². The molecule has 6 heteroatoms. The number of carbonyl (C=O) groups excluding carboxylic acids is 1. The SMILES string of the molecule is CCc1oc2ccccc2c1/C=C/C(=O)Nc1nnc(C)s1. The van der Waals surface area contributed by atoms with E-state index in [9.17, 15) is 4.79 Å². The van der Waals surface area contributed by atoms with Crippen LogP contribution in [0.15, 0.2) is 34.8 Å². The summed E-state index contributed by atoms with van der Waals surface area (Å²) in [5.41, 5.74) is 1.78. The van der Waals surface area contributed by atoms with Gasteiger partial charge in [0.15, 0.2) is 0 Å². The molecule has 22 heavy (non-hydrogen) atoms. The fourth-order valence-corrected chi connectivity index (χ4v) is 2.81. The van der Waals surface area contributed by atoms with Gasteiger partial charge in [-0.3, -0.25) is 10.1 Å². The third-order valence-corrected chi connectivity index (χ3v) is 3.94. The van der Waals surface area contributed by atoms with Crippen molar-refractivity contribution in [1.82, 2.24) is 10.2 Å². The van der Waals surface area contributed by atoms with Gasteiger partial charge in [0.2, 0.25) is 11.0 Å². The Morgan fingerprint density at radius 3 is 2.91 bits per heavy atom. The van der Waals surface area contributed by atoms with Crippen LogP contribution in [0, 0.1) is 6.92 Å². The highest BCUT2D eigenvalue weighted by Gasteiger charge is 2.10. The van der Waals surface area contributed by atoms with Gasteiger partial charge in [-0.1, -0.05) is 36.5 Å². The number of hydrogen-bond donors (Lipinski definition) is 1. The molecule has 0 bridgehead atoms. The maximum atomic E-state index is 12.0. The number of nitrogens with zero attached hydrogens (tertiary/aromatic N) is 2. The number of hydrogen-bond acceptors (Lipinski definition) is 5. The Balaban J connectivity index is 1.84. The molecule has 3 aromatic rings. The maximum absolute atomic E-state index is 12.0. The summed E-state index contributed by atoms with van der Waals surface area (Å²) < 4.78 is 5.80. The van der Waals surface area contributed by atoms with Crippen LogP contribution in [0.1, 0.15) is 23.3 Å². The summed E-state index contributed by atoms with van der Waals surface area (Å²) in [5.74, 6) is 0.639. The molecule has 5 nitrogen and oxygen atoms in total. The topological polar surface area (TPSA) is 68.0 Å². The van der Waals surface area contributed by atoms with Crippen molar-refractivity contribution < 1.29 is 9.21 Å². The molecule has 0 spiro atoms. The summed E-state index contributed by atoms with van der Waals surface area (Å²) in [6.07, 6.45) is 4.05. The Morgan fingerprint density at radius 2 is 2.18 bits per heavy atom. The van der Waals surface area contributed by atoms with Gasteiger partial charge in [0, 0.05) is 23.4 Å². The summed E-state index contributed by atoms with van der Waals surface area (Å²) in [6, 6.07) is 7.81. The lowest BCUT2D eigenvalue weighted by Crippen LogP contribution is -2.07. The smallest absolute Gasteiger partial charge is 0.250 e. The van der Waals surface area contributed by atoms with Gasteiger partial charge in [-0.15, -0.1) is 10.2 Å². The largest absolute Gasteiger partial charge is 0.460 e. The molecule has 112 valence electrons. The van der Waals surface area contributed by atoms with E-state index >= 15 is 0 Å². The first kappa shape index (κ1) is 14.5. The molecule has 0 unspecified atom stereocenters. The van der Waals surface area contributed by atoms with Crippen LogP contribution in [0.5, 0.6) is 0 Å². The van der Waals surface area contributed by atoms with Crippen LogP contribution in [-0.4, -0.2) is 16.1 Å². The molecule has 0 saturated heterocycles. The Labute approximate surface area is 131 Å². The standard InChI is InChI=1S/C16H15N3O2S/c1-3-13-12(11-6-4-5-7-14(11)21-13)8-9-15(20)17-16-19-18-10(2)22-16/h4-9H,3H2,1-2H3,(H,17,19,20)/b9-8+. The molecule has 0 aliphatic carbocycles. The Hall–Kier alpha value is -2.47. The first-order valence-corrected chi connectivity index (χ1v) is 7.78. The van der Waals surface area contributed by atoms with E-state index in [1.165, 1.54) is 17.4 Å². The first-order chi connectivity index (χ1) is 10.7. The molecule has 0 aliphatic heterocycles. The lowest BCUT2D eigenvalue weighted by atomic mass is 10.1. The number of anilines is 1. The molecular formula is C16H15N3O2S. The van der Waals surface area contributed by atoms with Crippen LogP contribution in [-0.2, 0) is 11.2 Å². The van der Waals surface area contributed by atoms with Gasteiger partial charge in [-0.25, -0.2) is 0 Å². The number of aromatic nitrogens is 2. The quantitative estimate of drug-likeness (QED) is 0.744. The van der Waals surface area contributed by atoms with Crippen molar-refractivity contribution in [2.75, 3.05) is 5.32 Å². The van der Waals surface area contributed by atoms with E-state index in [-0.39, 0.29) is 5.91 Å². The molecule has 1 aromatic carbocycles. The number of furan rings is 1. The zero-order valence-electron chi connectivity index (χ0n) is 12.3. The summed E-state index contributed by atoms with van der Waals surface area (Å²) in [7, 11) is 0. The Morgan fingerprint density at radius 1 is 1.36 bits per heavy atom. The predicted molar refractivity (Wildman–Crippen MR) is 87.9 cm³/mol. The van der Waals surface area contributed by atoms with E-state index in [4.69, 9.17) is 4.42 Å². The van der Waals surface area contributed by atoms with Crippen LogP contribution < -0.4 is 5.32 Å². The van der Waals surface area contributed by atoms with E-state index in [1.54, 1.807) is 6.08 Å².